The minimum Gasteiger partial charge on any atom is -0.389 e. The lowest BCUT2D eigenvalue weighted by Crippen LogP contribution is -2.28. The highest BCUT2D eigenvalue weighted by atomic mass is 19.1. The summed E-state index contributed by atoms with van der Waals surface area (Å²) in [5.74, 6) is -0.231. The van der Waals surface area contributed by atoms with Crippen LogP contribution in [0.5, 0.6) is 0 Å². The highest BCUT2D eigenvalue weighted by Crippen LogP contribution is 2.30. The smallest absolute Gasteiger partial charge is 0.146 e. The van der Waals surface area contributed by atoms with Gasteiger partial charge in [0, 0.05) is 18.7 Å². The molecule has 19 heavy (non-hydrogen) atoms. The fourth-order valence-corrected chi connectivity index (χ4v) is 2.24. The molecule has 0 fully saturated rings. The number of anilines is 1. The van der Waals surface area contributed by atoms with E-state index in [-0.39, 0.29) is 5.82 Å². The van der Waals surface area contributed by atoms with Crippen molar-refractivity contribution in [1.82, 2.24) is 0 Å². The first-order chi connectivity index (χ1) is 9.11. The van der Waals surface area contributed by atoms with E-state index in [1.165, 1.54) is 6.07 Å². The van der Waals surface area contributed by atoms with Crippen LogP contribution < -0.4 is 4.90 Å². The summed E-state index contributed by atoms with van der Waals surface area (Å²) in [6.07, 6.45) is 3.60. The molecule has 0 unspecified atom stereocenters. The molecule has 1 aromatic carbocycles. The van der Waals surface area contributed by atoms with Crippen molar-refractivity contribution in [2.45, 2.75) is 52.6 Å². The second-order valence-corrected chi connectivity index (χ2v) is 5.05. The van der Waals surface area contributed by atoms with Crippen molar-refractivity contribution in [3.63, 3.8) is 0 Å². The summed E-state index contributed by atoms with van der Waals surface area (Å²) in [6.45, 7) is 7.65. The Balaban J connectivity index is 3.04. The van der Waals surface area contributed by atoms with Crippen molar-refractivity contribution in [3.05, 3.63) is 29.6 Å². The molecule has 1 rings (SSSR count). The van der Waals surface area contributed by atoms with Gasteiger partial charge in [0.25, 0.3) is 0 Å². The largest absolute Gasteiger partial charge is 0.389 e. The summed E-state index contributed by atoms with van der Waals surface area (Å²) in [4.78, 5) is 2.09. The van der Waals surface area contributed by atoms with Crippen LogP contribution in [0.1, 0.15) is 58.1 Å². The predicted octanol–water partition coefficient (Wildman–Crippen LogP) is 4.29. The van der Waals surface area contributed by atoms with Crippen molar-refractivity contribution in [2.75, 3.05) is 18.0 Å². The minimum absolute atomic E-state index is 0.231. The van der Waals surface area contributed by atoms with E-state index in [1.54, 1.807) is 13.0 Å². The summed E-state index contributed by atoms with van der Waals surface area (Å²) >= 11 is 0. The van der Waals surface area contributed by atoms with Gasteiger partial charge in [0.15, 0.2) is 0 Å². The SMILES string of the molecule is CCCCN(CCCC)c1c(F)cccc1[C@H](C)O. The number of hydrogen-bond acceptors (Lipinski definition) is 2. The molecule has 2 nitrogen and oxygen atoms in total. The number of nitrogens with zero attached hydrogens (tertiary/aromatic N) is 1. The zero-order valence-corrected chi connectivity index (χ0v) is 12.3. The molecule has 0 saturated carbocycles. The van der Waals surface area contributed by atoms with Crippen LogP contribution in [0.4, 0.5) is 10.1 Å². The van der Waals surface area contributed by atoms with E-state index >= 15 is 0 Å². The third kappa shape index (κ3) is 4.50. The van der Waals surface area contributed by atoms with E-state index in [9.17, 15) is 9.50 Å². The van der Waals surface area contributed by atoms with E-state index in [2.05, 4.69) is 18.7 Å². The third-order valence-electron chi connectivity index (χ3n) is 3.35. The van der Waals surface area contributed by atoms with Crippen LogP contribution in [0.3, 0.4) is 0 Å². The molecule has 1 N–H and O–H groups in total. The molecule has 0 bridgehead atoms. The normalized spacial score (nSPS) is 12.5. The lowest BCUT2D eigenvalue weighted by molar-refractivity contribution is 0.199. The summed E-state index contributed by atoms with van der Waals surface area (Å²) in [5.41, 5.74) is 1.27. The maximum atomic E-state index is 14.2. The lowest BCUT2D eigenvalue weighted by Gasteiger charge is -2.28. The Labute approximate surface area is 116 Å². The highest BCUT2D eigenvalue weighted by Gasteiger charge is 2.18. The average Bonchev–Trinajstić information content (AvgIpc) is 2.39. The molecule has 0 aliphatic rings. The maximum Gasteiger partial charge on any atom is 0.146 e. The maximum absolute atomic E-state index is 14.2. The fraction of sp³-hybridized carbons (Fsp3) is 0.625. The molecule has 108 valence electrons. The number of unbranched alkanes of at least 4 members (excludes halogenated alkanes) is 2. The van der Waals surface area contributed by atoms with Gasteiger partial charge in [-0.25, -0.2) is 4.39 Å². The van der Waals surface area contributed by atoms with Gasteiger partial charge >= 0.3 is 0 Å². The van der Waals surface area contributed by atoms with Crippen LogP contribution in [-0.4, -0.2) is 18.2 Å². The van der Waals surface area contributed by atoms with Gasteiger partial charge in [-0.2, -0.15) is 0 Å². The van der Waals surface area contributed by atoms with Gasteiger partial charge < -0.3 is 10.0 Å². The minimum atomic E-state index is -0.642. The molecular weight excluding hydrogens is 241 g/mol. The van der Waals surface area contributed by atoms with Crippen LogP contribution in [-0.2, 0) is 0 Å². The van der Waals surface area contributed by atoms with Gasteiger partial charge in [-0.15, -0.1) is 0 Å². The summed E-state index contributed by atoms with van der Waals surface area (Å²) in [6, 6.07) is 4.96. The lowest BCUT2D eigenvalue weighted by atomic mass is 10.1. The van der Waals surface area contributed by atoms with Crippen LogP contribution in [0.15, 0.2) is 18.2 Å². The molecule has 0 radical (unpaired) electrons. The molecule has 0 aliphatic heterocycles. The number of aliphatic hydroxyl groups excluding tert-OH is 1. The van der Waals surface area contributed by atoms with Crippen LogP contribution in [0.25, 0.3) is 0 Å². The van der Waals surface area contributed by atoms with Gasteiger partial charge in [0.1, 0.15) is 5.82 Å². The molecule has 0 spiro atoms. The number of halogens is 1. The van der Waals surface area contributed by atoms with E-state index in [0.717, 1.165) is 38.8 Å². The first-order valence-corrected chi connectivity index (χ1v) is 7.33. The standard InChI is InChI=1S/C16H26FNO/c1-4-6-11-18(12-7-5-2)16-14(13(3)19)9-8-10-15(16)17/h8-10,13,19H,4-7,11-12H2,1-3H3/t13-/m0/s1. The van der Waals surface area contributed by atoms with Crippen LogP contribution in [0.2, 0.25) is 0 Å². The molecule has 1 atom stereocenters. The summed E-state index contributed by atoms with van der Waals surface area (Å²) < 4.78 is 14.2. The van der Waals surface area contributed by atoms with Gasteiger partial charge in [-0.3, -0.25) is 0 Å². The zero-order valence-electron chi connectivity index (χ0n) is 12.3. The van der Waals surface area contributed by atoms with Crippen molar-refractivity contribution < 1.29 is 9.50 Å². The number of hydrogen-bond donors (Lipinski definition) is 1. The monoisotopic (exact) mass is 267 g/mol. The Kier molecular flexibility index (Phi) is 6.85. The van der Waals surface area contributed by atoms with E-state index in [1.807, 2.05) is 6.07 Å². The van der Waals surface area contributed by atoms with Gasteiger partial charge in [-0.1, -0.05) is 38.8 Å². The van der Waals surface area contributed by atoms with E-state index in [4.69, 9.17) is 0 Å². The second-order valence-electron chi connectivity index (χ2n) is 5.05. The van der Waals surface area contributed by atoms with E-state index in [0.29, 0.717) is 11.3 Å². The van der Waals surface area contributed by atoms with Crippen molar-refractivity contribution in [2.24, 2.45) is 0 Å². The number of rotatable bonds is 8. The van der Waals surface area contributed by atoms with Crippen molar-refractivity contribution >= 4 is 5.69 Å². The molecule has 3 heteroatoms. The fourth-order valence-electron chi connectivity index (χ4n) is 2.24. The summed E-state index contributed by atoms with van der Waals surface area (Å²) in [7, 11) is 0. The van der Waals surface area contributed by atoms with Crippen molar-refractivity contribution in [1.29, 1.82) is 0 Å². The Hall–Kier alpha value is -1.09. The first kappa shape index (κ1) is 16.0. The molecule has 0 saturated heterocycles. The van der Waals surface area contributed by atoms with Gasteiger partial charge in [0.05, 0.1) is 11.8 Å². The average molecular weight is 267 g/mol. The number of para-hydroxylation sites is 1. The molecule has 0 heterocycles. The van der Waals surface area contributed by atoms with Gasteiger partial charge in [-0.05, 0) is 25.8 Å². The van der Waals surface area contributed by atoms with E-state index < -0.39 is 6.10 Å². The van der Waals surface area contributed by atoms with Gasteiger partial charge in [0.2, 0.25) is 0 Å². The Bertz CT molecular complexity index is 371. The number of benzene rings is 1. The Morgan fingerprint density at radius 1 is 1.16 bits per heavy atom. The molecule has 1 aromatic rings. The molecular formula is C16H26FNO. The van der Waals surface area contributed by atoms with Crippen molar-refractivity contribution in [3.8, 4) is 0 Å². The zero-order chi connectivity index (χ0) is 14.3. The Morgan fingerprint density at radius 2 is 1.74 bits per heavy atom. The Morgan fingerprint density at radius 3 is 2.21 bits per heavy atom. The predicted molar refractivity (Wildman–Crippen MR) is 79.1 cm³/mol. The van der Waals surface area contributed by atoms with Crippen LogP contribution in [0, 0.1) is 5.82 Å². The second kappa shape index (κ2) is 8.16. The van der Waals surface area contributed by atoms with Crippen LogP contribution >= 0.6 is 0 Å². The highest BCUT2D eigenvalue weighted by molar-refractivity contribution is 5.55. The first-order valence-electron chi connectivity index (χ1n) is 7.33. The molecule has 0 aromatic heterocycles. The molecule has 0 aliphatic carbocycles. The number of aliphatic hydroxyl groups is 1. The summed E-state index contributed by atoms with van der Waals surface area (Å²) in [5, 5.41) is 9.84. The quantitative estimate of drug-likeness (QED) is 0.759. The third-order valence-corrected chi connectivity index (χ3v) is 3.35. The topological polar surface area (TPSA) is 23.5 Å². The molecule has 0 amide bonds.